The molecule has 0 amide bonds. The number of aryl methyl sites for hydroxylation is 1. The zero-order chi connectivity index (χ0) is 15.5. The lowest BCUT2D eigenvalue weighted by molar-refractivity contribution is 0.268. The van der Waals surface area contributed by atoms with Crippen molar-refractivity contribution in [1.29, 1.82) is 0 Å². The Hall–Kier alpha value is -0.690. The minimum Gasteiger partial charge on any atom is -0.317 e. The Bertz CT molecular complexity index is 567. The molecule has 1 aliphatic rings. The maximum absolute atomic E-state index is 13.4. The van der Waals surface area contributed by atoms with Crippen LogP contribution in [0.2, 0.25) is 0 Å². The average Bonchev–Trinajstić information content (AvgIpc) is 2.44. The van der Waals surface area contributed by atoms with E-state index in [4.69, 9.17) is 0 Å². The molecule has 1 aromatic carbocycles. The quantitative estimate of drug-likeness (QED) is 0.888. The molecule has 4 nitrogen and oxygen atoms in total. The van der Waals surface area contributed by atoms with Gasteiger partial charge in [-0.3, -0.25) is 0 Å². The number of nitrogens with zero attached hydrogens (tertiary/aromatic N) is 1. The minimum atomic E-state index is -3.58. The summed E-state index contributed by atoms with van der Waals surface area (Å²) in [5, 5.41) is 3.30. The van der Waals surface area contributed by atoms with Crippen molar-refractivity contribution < 1.29 is 12.8 Å². The van der Waals surface area contributed by atoms with Gasteiger partial charge in [0.15, 0.2) is 0 Å². The van der Waals surface area contributed by atoms with Gasteiger partial charge in [-0.25, -0.2) is 12.8 Å². The third-order valence-electron chi connectivity index (χ3n) is 3.91. The van der Waals surface area contributed by atoms with E-state index < -0.39 is 15.8 Å². The number of piperidine rings is 1. The van der Waals surface area contributed by atoms with E-state index in [-0.39, 0.29) is 17.3 Å². The van der Waals surface area contributed by atoms with Crippen LogP contribution < -0.4 is 5.32 Å². The van der Waals surface area contributed by atoms with Gasteiger partial charge in [0.1, 0.15) is 5.82 Å². The van der Waals surface area contributed by atoms with Crippen molar-refractivity contribution in [3.8, 4) is 0 Å². The second kappa shape index (κ2) is 8.24. The Balaban J connectivity index is 0.00000242. The van der Waals surface area contributed by atoms with E-state index in [1.165, 1.54) is 16.4 Å². The smallest absolute Gasteiger partial charge is 0.243 e. The SMILES string of the molecule is CCNCC1CCN(S(=O)(=O)c2cc(C)cc(F)c2)CC1.Cl. The van der Waals surface area contributed by atoms with Gasteiger partial charge in [-0.15, -0.1) is 12.4 Å². The molecular weight excluding hydrogens is 327 g/mol. The summed E-state index contributed by atoms with van der Waals surface area (Å²) in [5.41, 5.74) is 0.621. The molecule has 0 aliphatic carbocycles. The zero-order valence-corrected chi connectivity index (χ0v) is 14.6. The highest BCUT2D eigenvalue weighted by Gasteiger charge is 2.29. The van der Waals surface area contributed by atoms with E-state index in [1.807, 2.05) is 0 Å². The first-order valence-electron chi connectivity index (χ1n) is 7.41. The molecule has 126 valence electrons. The number of rotatable bonds is 5. The van der Waals surface area contributed by atoms with Crippen LogP contribution in [0.5, 0.6) is 0 Å². The molecule has 0 radical (unpaired) electrons. The first-order valence-corrected chi connectivity index (χ1v) is 8.85. The number of benzene rings is 1. The van der Waals surface area contributed by atoms with Crippen LogP contribution in [-0.4, -0.2) is 38.9 Å². The summed E-state index contributed by atoms with van der Waals surface area (Å²) in [6.45, 7) is 6.64. The normalized spacial score (nSPS) is 17.2. The third kappa shape index (κ3) is 4.65. The molecular formula is C15H24ClFN2O2S. The maximum atomic E-state index is 13.4. The van der Waals surface area contributed by atoms with Crippen LogP contribution in [0.25, 0.3) is 0 Å². The average molecular weight is 351 g/mol. The molecule has 1 aliphatic heterocycles. The van der Waals surface area contributed by atoms with Gasteiger partial charge in [0.25, 0.3) is 0 Å². The van der Waals surface area contributed by atoms with Crippen molar-refractivity contribution in [3.63, 3.8) is 0 Å². The molecule has 0 bridgehead atoms. The maximum Gasteiger partial charge on any atom is 0.243 e. The third-order valence-corrected chi connectivity index (χ3v) is 5.79. The summed E-state index contributed by atoms with van der Waals surface area (Å²) in [7, 11) is -3.58. The number of hydrogen-bond donors (Lipinski definition) is 1. The molecule has 22 heavy (non-hydrogen) atoms. The van der Waals surface area contributed by atoms with Gasteiger partial charge >= 0.3 is 0 Å². The van der Waals surface area contributed by atoms with Crippen molar-refractivity contribution >= 4 is 22.4 Å². The second-order valence-corrected chi connectivity index (χ2v) is 7.56. The lowest BCUT2D eigenvalue weighted by Gasteiger charge is -2.31. The lowest BCUT2D eigenvalue weighted by atomic mass is 9.98. The molecule has 2 rings (SSSR count). The van der Waals surface area contributed by atoms with E-state index in [9.17, 15) is 12.8 Å². The second-order valence-electron chi connectivity index (χ2n) is 5.62. The predicted molar refractivity (Wildman–Crippen MR) is 88.4 cm³/mol. The summed E-state index contributed by atoms with van der Waals surface area (Å²) >= 11 is 0. The minimum absolute atomic E-state index is 0. The van der Waals surface area contributed by atoms with Crippen LogP contribution in [0.1, 0.15) is 25.3 Å². The van der Waals surface area contributed by atoms with E-state index in [0.717, 1.165) is 32.0 Å². The van der Waals surface area contributed by atoms with Crippen LogP contribution in [0.4, 0.5) is 4.39 Å². The van der Waals surface area contributed by atoms with Crippen LogP contribution in [0.15, 0.2) is 23.1 Å². The Morgan fingerprint density at radius 2 is 1.91 bits per heavy atom. The molecule has 0 unspecified atom stereocenters. The standard InChI is InChI=1S/C15H23FN2O2S.ClH/c1-3-17-11-13-4-6-18(7-5-13)21(19,20)15-9-12(2)8-14(16)10-15;/h8-10,13,17H,3-7,11H2,1-2H3;1H. The van der Waals surface area contributed by atoms with Gasteiger partial charge in [-0.2, -0.15) is 4.31 Å². The molecule has 0 saturated carbocycles. The van der Waals surface area contributed by atoms with E-state index in [1.54, 1.807) is 6.92 Å². The first kappa shape index (κ1) is 19.4. The van der Waals surface area contributed by atoms with Gasteiger partial charge < -0.3 is 5.32 Å². The summed E-state index contributed by atoms with van der Waals surface area (Å²) in [6, 6.07) is 3.97. The largest absolute Gasteiger partial charge is 0.317 e. The predicted octanol–water partition coefficient (Wildman–Crippen LogP) is 2.57. The molecule has 1 heterocycles. The van der Waals surface area contributed by atoms with Gasteiger partial charge in [0.05, 0.1) is 4.90 Å². The number of sulfonamides is 1. The number of nitrogens with one attached hydrogen (secondary N) is 1. The van der Waals surface area contributed by atoms with Crippen LogP contribution >= 0.6 is 12.4 Å². The topological polar surface area (TPSA) is 49.4 Å². The summed E-state index contributed by atoms with van der Waals surface area (Å²) < 4.78 is 40.0. The molecule has 1 saturated heterocycles. The lowest BCUT2D eigenvalue weighted by Crippen LogP contribution is -2.40. The summed E-state index contributed by atoms with van der Waals surface area (Å²) in [4.78, 5) is 0.0603. The van der Waals surface area contributed by atoms with E-state index in [0.29, 0.717) is 24.6 Å². The molecule has 0 atom stereocenters. The highest BCUT2D eigenvalue weighted by molar-refractivity contribution is 7.89. The molecule has 7 heteroatoms. The monoisotopic (exact) mass is 350 g/mol. The Morgan fingerprint density at radius 3 is 2.45 bits per heavy atom. The highest BCUT2D eigenvalue weighted by atomic mass is 35.5. The summed E-state index contributed by atoms with van der Waals surface area (Å²) in [5.74, 6) is 0.0150. The van der Waals surface area contributed by atoms with Crippen molar-refractivity contribution in [3.05, 3.63) is 29.6 Å². The van der Waals surface area contributed by atoms with Crippen LogP contribution in [0, 0.1) is 18.7 Å². The fraction of sp³-hybridized carbons (Fsp3) is 0.600. The summed E-state index contributed by atoms with van der Waals surface area (Å²) in [6.07, 6.45) is 1.70. The van der Waals surface area contributed by atoms with E-state index in [2.05, 4.69) is 12.2 Å². The zero-order valence-electron chi connectivity index (χ0n) is 13.0. The molecule has 1 N–H and O–H groups in total. The van der Waals surface area contributed by atoms with E-state index >= 15 is 0 Å². The molecule has 0 spiro atoms. The van der Waals surface area contributed by atoms with Gasteiger partial charge in [-0.05, 0) is 62.5 Å². The van der Waals surface area contributed by atoms with Gasteiger partial charge in [-0.1, -0.05) is 6.92 Å². The Labute approximate surface area is 138 Å². The van der Waals surface area contributed by atoms with Crippen molar-refractivity contribution in [2.75, 3.05) is 26.2 Å². The van der Waals surface area contributed by atoms with Crippen molar-refractivity contribution in [2.45, 2.75) is 31.6 Å². The number of halogens is 2. The van der Waals surface area contributed by atoms with Gasteiger partial charge in [0.2, 0.25) is 10.0 Å². The van der Waals surface area contributed by atoms with Crippen LogP contribution in [-0.2, 0) is 10.0 Å². The van der Waals surface area contributed by atoms with Crippen molar-refractivity contribution in [1.82, 2.24) is 9.62 Å². The number of hydrogen-bond acceptors (Lipinski definition) is 3. The fourth-order valence-electron chi connectivity index (χ4n) is 2.70. The molecule has 0 aromatic heterocycles. The highest BCUT2D eigenvalue weighted by Crippen LogP contribution is 2.24. The Morgan fingerprint density at radius 1 is 1.27 bits per heavy atom. The fourth-order valence-corrected chi connectivity index (χ4v) is 4.29. The van der Waals surface area contributed by atoms with Crippen LogP contribution in [0.3, 0.4) is 0 Å². The molecule has 1 fully saturated rings. The Kier molecular flexibility index (Phi) is 7.25. The first-order chi connectivity index (χ1) is 9.93. The molecule has 1 aromatic rings. The van der Waals surface area contributed by atoms with Crippen molar-refractivity contribution in [2.24, 2.45) is 5.92 Å². The van der Waals surface area contributed by atoms with Gasteiger partial charge in [0, 0.05) is 13.1 Å².